The van der Waals surface area contributed by atoms with Gasteiger partial charge >= 0.3 is 16.3 Å². The van der Waals surface area contributed by atoms with Crippen molar-refractivity contribution in [3.63, 3.8) is 0 Å². The molecule has 18 heavy (non-hydrogen) atoms. The van der Waals surface area contributed by atoms with Crippen molar-refractivity contribution in [3.05, 3.63) is 0 Å². The summed E-state index contributed by atoms with van der Waals surface area (Å²) in [6.45, 7) is 5.21. The first kappa shape index (κ1) is 17.1. The van der Waals surface area contributed by atoms with E-state index in [1.165, 1.54) is 0 Å². The number of carbonyl (C=O) groups excluding carboxylic acids is 1. The number of hydrogen-bond acceptors (Lipinski definition) is 5. The van der Waals surface area contributed by atoms with Gasteiger partial charge in [0, 0.05) is 19.5 Å². The normalized spacial score (nSPS) is 11.6. The van der Waals surface area contributed by atoms with Crippen molar-refractivity contribution in [1.82, 2.24) is 9.03 Å². The lowest BCUT2D eigenvalue weighted by Crippen LogP contribution is -2.45. The smallest absolute Gasteiger partial charge is 0.422 e. The molecule has 0 aromatic rings. The van der Waals surface area contributed by atoms with Crippen LogP contribution in [0.5, 0.6) is 0 Å². The van der Waals surface area contributed by atoms with Gasteiger partial charge in [-0.3, -0.25) is 0 Å². The fourth-order valence-electron chi connectivity index (χ4n) is 1.09. The van der Waals surface area contributed by atoms with Gasteiger partial charge in [0.25, 0.3) is 0 Å². The molecule has 0 atom stereocenters. The summed E-state index contributed by atoms with van der Waals surface area (Å²) in [4.78, 5) is 11.5. The second kappa shape index (κ2) is 7.49. The minimum absolute atomic E-state index is 0.121. The van der Waals surface area contributed by atoms with Crippen molar-refractivity contribution in [2.45, 2.75) is 33.3 Å². The van der Waals surface area contributed by atoms with E-state index in [9.17, 15) is 13.2 Å². The number of nitrogens with two attached hydrogens (primary N) is 1. The molecule has 0 saturated carbocycles. The summed E-state index contributed by atoms with van der Waals surface area (Å²) in [6.07, 6.45) is -1.14. The molecule has 0 aliphatic carbocycles. The van der Waals surface area contributed by atoms with Crippen LogP contribution in [0.25, 0.3) is 0 Å². The lowest BCUT2D eigenvalue weighted by atomic mass is 10.4. The van der Waals surface area contributed by atoms with Crippen LogP contribution in [-0.2, 0) is 14.9 Å². The van der Waals surface area contributed by atoms with Crippen molar-refractivity contribution in [2.75, 3.05) is 13.1 Å². The van der Waals surface area contributed by atoms with Crippen LogP contribution in [0.1, 0.15) is 27.2 Å². The van der Waals surface area contributed by atoms with E-state index in [1.54, 1.807) is 20.8 Å². The first-order valence-electron chi connectivity index (χ1n) is 5.45. The molecular weight excluding hydrogens is 278 g/mol. The highest BCUT2D eigenvalue weighted by Crippen LogP contribution is 2.01. The van der Waals surface area contributed by atoms with Gasteiger partial charge in [0.15, 0.2) is 0 Å². The Labute approximate surface area is 113 Å². The van der Waals surface area contributed by atoms with Gasteiger partial charge in [0.05, 0.1) is 11.1 Å². The molecule has 0 aromatic carbocycles. The van der Waals surface area contributed by atoms with Crippen LogP contribution in [0.15, 0.2) is 0 Å². The number of amides is 1. The van der Waals surface area contributed by atoms with E-state index in [1.807, 2.05) is 4.72 Å². The Morgan fingerprint density at radius 1 is 1.50 bits per heavy atom. The number of carbonyl (C=O) groups is 1. The third-order valence-corrected chi connectivity index (χ3v) is 3.60. The predicted octanol–water partition coefficient (Wildman–Crippen LogP) is 0.364. The summed E-state index contributed by atoms with van der Waals surface area (Å²) in [5, 5.41) is 0. The first-order chi connectivity index (χ1) is 8.19. The van der Waals surface area contributed by atoms with Crippen LogP contribution in [-0.4, -0.2) is 43.0 Å². The highest BCUT2D eigenvalue weighted by atomic mass is 32.2. The highest BCUT2D eigenvalue weighted by molar-refractivity contribution is 7.87. The molecule has 0 aliphatic rings. The molecule has 0 fully saturated rings. The molecule has 0 spiro atoms. The van der Waals surface area contributed by atoms with Crippen molar-refractivity contribution < 1.29 is 17.9 Å². The minimum atomic E-state index is -3.92. The second-order valence-electron chi connectivity index (χ2n) is 3.77. The Balaban J connectivity index is 4.57. The summed E-state index contributed by atoms with van der Waals surface area (Å²) in [6, 6.07) is 0. The van der Waals surface area contributed by atoms with Gasteiger partial charge in [0.2, 0.25) is 0 Å². The number of ether oxygens (including phenoxy) is 1. The molecule has 0 aliphatic heterocycles. The standard InChI is InChI=1S/C9H19N3O4S2/c1-4-12(6-5-8(10)17)18(14,15)11-9(13)16-7(2)3/h7H,4-6H2,1-3H3,(H2,10,17)(H,11,13). The van der Waals surface area contributed by atoms with Crippen LogP contribution >= 0.6 is 12.2 Å². The molecule has 0 bridgehead atoms. The zero-order chi connectivity index (χ0) is 14.3. The fourth-order valence-corrected chi connectivity index (χ4v) is 2.24. The molecule has 0 saturated heterocycles. The minimum Gasteiger partial charge on any atom is -0.446 e. The Hall–Kier alpha value is -0.930. The van der Waals surface area contributed by atoms with E-state index in [4.69, 9.17) is 10.5 Å². The molecule has 0 unspecified atom stereocenters. The van der Waals surface area contributed by atoms with Crippen molar-refractivity contribution in [3.8, 4) is 0 Å². The SMILES string of the molecule is CCN(CCC(N)=S)S(=O)(=O)NC(=O)OC(C)C. The van der Waals surface area contributed by atoms with E-state index < -0.39 is 22.4 Å². The predicted molar refractivity (Wildman–Crippen MR) is 72.3 cm³/mol. The van der Waals surface area contributed by atoms with Crippen LogP contribution in [0.4, 0.5) is 4.79 Å². The maximum absolute atomic E-state index is 11.8. The van der Waals surface area contributed by atoms with E-state index in [0.29, 0.717) is 0 Å². The van der Waals surface area contributed by atoms with Crippen molar-refractivity contribution in [2.24, 2.45) is 5.73 Å². The maximum Gasteiger partial charge on any atom is 0.422 e. The van der Waals surface area contributed by atoms with Gasteiger partial charge in [0.1, 0.15) is 0 Å². The summed E-state index contributed by atoms with van der Waals surface area (Å²) >= 11 is 4.67. The maximum atomic E-state index is 11.8. The highest BCUT2D eigenvalue weighted by Gasteiger charge is 2.23. The monoisotopic (exact) mass is 297 g/mol. The van der Waals surface area contributed by atoms with E-state index in [2.05, 4.69) is 12.2 Å². The molecule has 0 heterocycles. The Morgan fingerprint density at radius 3 is 2.44 bits per heavy atom. The fraction of sp³-hybridized carbons (Fsp3) is 0.778. The van der Waals surface area contributed by atoms with E-state index in [0.717, 1.165) is 4.31 Å². The van der Waals surface area contributed by atoms with E-state index in [-0.39, 0.29) is 24.5 Å². The van der Waals surface area contributed by atoms with Gasteiger partial charge in [-0.05, 0) is 13.8 Å². The largest absolute Gasteiger partial charge is 0.446 e. The van der Waals surface area contributed by atoms with Gasteiger partial charge in [-0.25, -0.2) is 9.52 Å². The molecule has 0 radical (unpaired) electrons. The molecule has 3 N–H and O–H groups in total. The summed E-state index contributed by atoms with van der Waals surface area (Å²) in [5.74, 6) is 0. The van der Waals surface area contributed by atoms with Crippen molar-refractivity contribution >= 4 is 33.5 Å². The average molecular weight is 297 g/mol. The molecule has 0 rings (SSSR count). The third-order valence-electron chi connectivity index (χ3n) is 1.86. The molecule has 9 heteroatoms. The molecule has 0 aromatic heterocycles. The lowest BCUT2D eigenvalue weighted by Gasteiger charge is -2.20. The average Bonchev–Trinajstić information content (AvgIpc) is 2.14. The van der Waals surface area contributed by atoms with Gasteiger partial charge in [-0.15, -0.1) is 0 Å². The van der Waals surface area contributed by atoms with Gasteiger partial charge < -0.3 is 10.5 Å². The molecule has 7 nitrogen and oxygen atoms in total. The number of nitrogens with zero attached hydrogens (tertiary/aromatic N) is 1. The summed E-state index contributed by atoms with van der Waals surface area (Å²) in [7, 11) is -3.92. The quantitative estimate of drug-likeness (QED) is 0.658. The summed E-state index contributed by atoms with van der Waals surface area (Å²) < 4.78 is 31.2. The molecule has 1 amide bonds. The Morgan fingerprint density at radius 2 is 2.06 bits per heavy atom. The number of hydrogen-bond donors (Lipinski definition) is 2. The Kier molecular flexibility index (Phi) is 7.11. The Bertz CT molecular complexity index is 395. The molecular formula is C9H19N3O4S2. The lowest BCUT2D eigenvalue weighted by molar-refractivity contribution is 0.121. The number of nitrogens with one attached hydrogen (secondary N) is 1. The molecule has 106 valence electrons. The topological polar surface area (TPSA) is 102 Å². The zero-order valence-electron chi connectivity index (χ0n) is 10.7. The number of rotatable bonds is 7. The van der Waals surface area contributed by atoms with Crippen LogP contribution < -0.4 is 10.5 Å². The first-order valence-corrected chi connectivity index (χ1v) is 7.30. The van der Waals surface area contributed by atoms with Gasteiger partial charge in [-0.2, -0.15) is 12.7 Å². The number of thiocarbonyl (C=S) groups is 1. The summed E-state index contributed by atoms with van der Waals surface area (Å²) in [5.41, 5.74) is 5.30. The van der Waals surface area contributed by atoms with Crippen molar-refractivity contribution in [1.29, 1.82) is 0 Å². The van der Waals surface area contributed by atoms with Crippen LogP contribution in [0.3, 0.4) is 0 Å². The third kappa shape index (κ3) is 6.72. The van der Waals surface area contributed by atoms with E-state index >= 15 is 0 Å². The van der Waals surface area contributed by atoms with Crippen LogP contribution in [0.2, 0.25) is 0 Å². The van der Waals surface area contributed by atoms with Crippen LogP contribution in [0, 0.1) is 0 Å². The van der Waals surface area contributed by atoms with Gasteiger partial charge in [-0.1, -0.05) is 19.1 Å². The zero-order valence-corrected chi connectivity index (χ0v) is 12.3. The second-order valence-corrected chi connectivity index (χ2v) is 5.96.